The highest BCUT2D eigenvalue weighted by molar-refractivity contribution is 6.17. The minimum Gasteiger partial charge on any atom is -0.351 e. The Morgan fingerprint density at radius 1 is 0.952 bits per heavy atom. The zero-order valence-corrected chi connectivity index (χ0v) is 15.2. The molecule has 0 aromatic heterocycles. The Hall–Kier alpha value is -0.240. The average Bonchev–Trinajstić information content (AvgIpc) is 2.45. The summed E-state index contributed by atoms with van der Waals surface area (Å²) in [4.78, 5) is 11.9. The van der Waals surface area contributed by atoms with Crippen LogP contribution in [0, 0.1) is 0 Å². The molecule has 2 nitrogen and oxygen atoms in total. The molecule has 0 aliphatic rings. The van der Waals surface area contributed by atoms with Gasteiger partial charge < -0.3 is 5.32 Å². The standard InChI is InChI=1S/C18H36ClNO/c1-4-6-7-8-9-10-11-12-13-14-17(21)20-18(3,5-2)15-16-19/h4-16H2,1-3H3,(H,20,21). The average molecular weight is 318 g/mol. The fourth-order valence-electron chi connectivity index (χ4n) is 2.53. The van der Waals surface area contributed by atoms with E-state index in [4.69, 9.17) is 11.6 Å². The molecule has 0 aromatic rings. The molecule has 0 fully saturated rings. The van der Waals surface area contributed by atoms with E-state index in [0.29, 0.717) is 12.3 Å². The molecule has 0 aliphatic heterocycles. The summed E-state index contributed by atoms with van der Waals surface area (Å²) in [5, 5.41) is 3.15. The molecular weight excluding hydrogens is 282 g/mol. The zero-order valence-electron chi connectivity index (χ0n) is 14.5. The number of amides is 1. The number of rotatable bonds is 14. The minimum absolute atomic E-state index is 0.127. The number of hydrogen-bond acceptors (Lipinski definition) is 1. The lowest BCUT2D eigenvalue weighted by atomic mass is 9.95. The van der Waals surface area contributed by atoms with Gasteiger partial charge in [0.1, 0.15) is 0 Å². The van der Waals surface area contributed by atoms with Crippen LogP contribution >= 0.6 is 11.6 Å². The molecule has 0 spiro atoms. The molecule has 1 unspecified atom stereocenters. The van der Waals surface area contributed by atoms with Gasteiger partial charge in [-0.1, -0.05) is 65.2 Å². The van der Waals surface area contributed by atoms with Gasteiger partial charge in [-0.15, -0.1) is 11.6 Å². The second kappa shape index (κ2) is 13.4. The maximum atomic E-state index is 11.9. The van der Waals surface area contributed by atoms with E-state index in [1.54, 1.807) is 0 Å². The predicted octanol–water partition coefficient (Wildman–Crippen LogP) is 5.82. The molecule has 3 heteroatoms. The van der Waals surface area contributed by atoms with Crippen LogP contribution in [0.15, 0.2) is 0 Å². The van der Waals surface area contributed by atoms with Crippen molar-refractivity contribution in [2.24, 2.45) is 0 Å². The SMILES string of the molecule is CCCCCCCCCCCC(=O)NC(C)(CC)CCCl. The molecule has 0 heterocycles. The Morgan fingerprint density at radius 2 is 1.48 bits per heavy atom. The van der Waals surface area contributed by atoms with E-state index in [1.165, 1.54) is 51.4 Å². The van der Waals surface area contributed by atoms with Crippen molar-refractivity contribution in [3.8, 4) is 0 Å². The lowest BCUT2D eigenvalue weighted by Gasteiger charge is -2.29. The molecular formula is C18H36ClNO. The Labute approximate surface area is 137 Å². The normalized spacial score (nSPS) is 13.9. The first-order valence-electron chi connectivity index (χ1n) is 8.95. The largest absolute Gasteiger partial charge is 0.351 e. The van der Waals surface area contributed by atoms with Crippen molar-refractivity contribution >= 4 is 17.5 Å². The molecule has 1 atom stereocenters. The topological polar surface area (TPSA) is 29.1 Å². The van der Waals surface area contributed by atoms with Gasteiger partial charge in [-0.2, -0.15) is 0 Å². The Balaban J connectivity index is 3.53. The van der Waals surface area contributed by atoms with Crippen LogP contribution in [-0.2, 0) is 4.79 Å². The van der Waals surface area contributed by atoms with Crippen LogP contribution in [-0.4, -0.2) is 17.3 Å². The first kappa shape index (κ1) is 20.8. The Morgan fingerprint density at radius 3 is 1.95 bits per heavy atom. The molecule has 1 N–H and O–H groups in total. The highest BCUT2D eigenvalue weighted by Crippen LogP contribution is 2.16. The van der Waals surface area contributed by atoms with Gasteiger partial charge in [0.15, 0.2) is 0 Å². The summed E-state index contributed by atoms with van der Waals surface area (Å²) in [7, 11) is 0. The van der Waals surface area contributed by atoms with Crippen molar-refractivity contribution in [2.75, 3.05) is 5.88 Å². The zero-order chi connectivity index (χ0) is 16.0. The smallest absolute Gasteiger partial charge is 0.220 e. The van der Waals surface area contributed by atoms with Gasteiger partial charge in [-0.05, 0) is 26.2 Å². The molecule has 0 radical (unpaired) electrons. The molecule has 126 valence electrons. The predicted molar refractivity (Wildman–Crippen MR) is 94.0 cm³/mol. The summed E-state index contributed by atoms with van der Waals surface area (Å²) >= 11 is 5.80. The molecule has 1 amide bonds. The van der Waals surface area contributed by atoms with Crippen LogP contribution in [0.1, 0.15) is 97.8 Å². The third-order valence-corrected chi connectivity index (χ3v) is 4.56. The third kappa shape index (κ3) is 12.0. The van der Waals surface area contributed by atoms with Crippen molar-refractivity contribution in [2.45, 2.75) is 103 Å². The maximum absolute atomic E-state index is 11.9. The second-order valence-electron chi connectivity index (χ2n) is 6.48. The van der Waals surface area contributed by atoms with Crippen molar-refractivity contribution in [3.63, 3.8) is 0 Å². The van der Waals surface area contributed by atoms with Gasteiger partial charge in [-0.3, -0.25) is 4.79 Å². The number of hydrogen-bond donors (Lipinski definition) is 1. The maximum Gasteiger partial charge on any atom is 0.220 e. The van der Waals surface area contributed by atoms with Crippen molar-refractivity contribution in [1.82, 2.24) is 5.32 Å². The first-order chi connectivity index (χ1) is 10.1. The van der Waals surface area contributed by atoms with Crippen molar-refractivity contribution in [3.05, 3.63) is 0 Å². The van der Waals surface area contributed by atoms with Crippen LogP contribution in [0.2, 0.25) is 0 Å². The molecule has 0 bridgehead atoms. The number of nitrogens with one attached hydrogen (secondary N) is 1. The summed E-state index contributed by atoms with van der Waals surface area (Å²) in [6.45, 7) is 6.44. The molecule has 0 rings (SSSR count). The van der Waals surface area contributed by atoms with Gasteiger partial charge in [0.05, 0.1) is 0 Å². The number of carbonyl (C=O) groups excluding carboxylic acids is 1. The Bertz CT molecular complexity index is 258. The molecule has 0 aromatic carbocycles. The van der Waals surface area contributed by atoms with Crippen LogP contribution in [0.3, 0.4) is 0 Å². The molecule has 0 aliphatic carbocycles. The number of alkyl halides is 1. The van der Waals surface area contributed by atoms with E-state index < -0.39 is 0 Å². The fourth-order valence-corrected chi connectivity index (χ4v) is 2.95. The van der Waals surface area contributed by atoms with Gasteiger partial charge >= 0.3 is 0 Å². The van der Waals surface area contributed by atoms with E-state index in [-0.39, 0.29) is 11.4 Å². The summed E-state index contributed by atoms with van der Waals surface area (Å²) in [5.74, 6) is 0.787. The van der Waals surface area contributed by atoms with Crippen molar-refractivity contribution < 1.29 is 4.79 Å². The summed E-state index contributed by atoms with van der Waals surface area (Å²) in [5.41, 5.74) is -0.127. The minimum atomic E-state index is -0.127. The van der Waals surface area contributed by atoms with Gasteiger partial charge in [0.25, 0.3) is 0 Å². The number of unbranched alkanes of at least 4 members (excludes halogenated alkanes) is 8. The van der Waals surface area contributed by atoms with Crippen LogP contribution in [0.4, 0.5) is 0 Å². The van der Waals surface area contributed by atoms with Gasteiger partial charge in [0.2, 0.25) is 5.91 Å². The molecule has 21 heavy (non-hydrogen) atoms. The Kier molecular flexibility index (Phi) is 13.3. The van der Waals surface area contributed by atoms with Crippen LogP contribution < -0.4 is 5.32 Å². The molecule has 0 saturated carbocycles. The summed E-state index contributed by atoms with van der Waals surface area (Å²) in [6, 6.07) is 0. The van der Waals surface area contributed by atoms with Gasteiger partial charge in [-0.25, -0.2) is 0 Å². The lowest BCUT2D eigenvalue weighted by molar-refractivity contribution is -0.123. The number of halogens is 1. The van der Waals surface area contributed by atoms with E-state index in [2.05, 4.69) is 26.1 Å². The van der Waals surface area contributed by atoms with E-state index in [9.17, 15) is 4.79 Å². The second-order valence-corrected chi connectivity index (χ2v) is 6.86. The third-order valence-electron chi connectivity index (χ3n) is 4.38. The summed E-state index contributed by atoms with van der Waals surface area (Å²) < 4.78 is 0. The van der Waals surface area contributed by atoms with Gasteiger partial charge in [0, 0.05) is 17.8 Å². The lowest BCUT2D eigenvalue weighted by Crippen LogP contribution is -2.45. The van der Waals surface area contributed by atoms with E-state index in [1.807, 2.05) is 0 Å². The van der Waals surface area contributed by atoms with Crippen molar-refractivity contribution in [1.29, 1.82) is 0 Å². The van der Waals surface area contributed by atoms with Crippen LogP contribution in [0.25, 0.3) is 0 Å². The summed E-state index contributed by atoms with van der Waals surface area (Å²) in [6.07, 6.45) is 14.0. The monoisotopic (exact) mass is 317 g/mol. The highest BCUT2D eigenvalue weighted by Gasteiger charge is 2.22. The molecule has 0 saturated heterocycles. The van der Waals surface area contributed by atoms with Crippen LogP contribution in [0.5, 0.6) is 0 Å². The highest BCUT2D eigenvalue weighted by atomic mass is 35.5. The quantitative estimate of drug-likeness (QED) is 0.317. The first-order valence-corrected chi connectivity index (χ1v) is 9.48. The number of carbonyl (C=O) groups is 1. The van der Waals surface area contributed by atoms with E-state index in [0.717, 1.165) is 19.3 Å². The fraction of sp³-hybridized carbons (Fsp3) is 0.944. The van der Waals surface area contributed by atoms with E-state index >= 15 is 0 Å².